The lowest BCUT2D eigenvalue weighted by Gasteiger charge is -2.45. The van der Waals surface area contributed by atoms with Gasteiger partial charge >= 0.3 is 0 Å². The smallest absolute Gasteiger partial charge is 0.269 e. The lowest BCUT2D eigenvalue weighted by atomic mass is 9.80. The maximum Gasteiger partial charge on any atom is 0.269 e. The van der Waals surface area contributed by atoms with Crippen molar-refractivity contribution in [2.45, 2.75) is 70.2 Å². The molecule has 3 aliphatic rings. The van der Waals surface area contributed by atoms with Gasteiger partial charge in [0.25, 0.3) is 5.91 Å². The Morgan fingerprint density at radius 2 is 2.00 bits per heavy atom. The molecule has 1 aliphatic carbocycles. The van der Waals surface area contributed by atoms with Crippen molar-refractivity contribution < 1.29 is 14.4 Å². The molecule has 2 fully saturated rings. The predicted molar refractivity (Wildman–Crippen MR) is 115 cm³/mol. The van der Waals surface area contributed by atoms with Crippen molar-refractivity contribution in [1.82, 2.24) is 15.5 Å². The van der Waals surface area contributed by atoms with E-state index in [9.17, 15) is 9.59 Å². The summed E-state index contributed by atoms with van der Waals surface area (Å²) in [5, 5.41) is 10.7. The molecule has 1 saturated carbocycles. The molecular weight excluding hydrogens is 380 g/mol. The SMILES string of the molecule is CC(C)NC(=O)C1=NO[C@@]2(C1)CN(C(=O)C1CCC1)CC[C@@H]2NCc1ccccc1. The normalized spacial score (nSPS) is 26.3. The number of nitrogens with one attached hydrogen (secondary N) is 2. The zero-order valence-corrected chi connectivity index (χ0v) is 17.9. The van der Waals surface area contributed by atoms with Crippen LogP contribution in [0.2, 0.25) is 0 Å². The van der Waals surface area contributed by atoms with Gasteiger partial charge in [0, 0.05) is 31.5 Å². The molecule has 0 unspecified atom stereocenters. The second kappa shape index (κ2) is 8.76. The molecule has 1 aromatic carbocycles. The van der Waals surface area contributed by atoms with E-state index in [2.05, 4.69) is 27.9 Å². The third-order valence-electron chi connectivity index (χ3n) is 6.43. The number of carbonyl (C=O) groups is 2. The number of nitrogens with zero attached hydrogens (tertiary/aromatic N) is 2. The van der Waals surface area contributed by atoms with Crippen LogP contribution in [0, 0.1) is 5.92 Å². The number of oxime groups is 1. The molecule has 0 radical (unpaired) electrons. The number of benzene rings is 1. The Balaban J connectivity index is 1.48. The van der Waals surface area contributed by atoms with E-state index in [0.717, 1.165) is 25.7 Å². The van der Waals surface area contributed by atoms with Crippen molar-refractivity contribution in [3.63, 3.8) is 0 Å². The maximum atomic E-state index is 12.9. The van der Waals surface area contributed by atoms with Gasteiger partial charge in [0.15, 0.2) is 5.60 Å². The first kappa shape index (κ1) is 20.8. The highest BCUT2D eigenvalue weighted by molar-refractivity contribution is 6.39. The van der Waals surface area contributed by atoms with Crippen molar-refractivity contribution in [3.8, 4) is 0 Å². The number of hydrogen-bond donors (Lipinski definition) is 2. The highest BCUT2D eigenvalue weighted by Gasteiger charge is 2.52. The minimum Gasteiger partial charge on any atom is -0.385 e. The fourth-order valence-corrected chi connectivity index (χ4v) is 4.52. The van der Waals surface area contributed by atoms with Gasteiger partial charge < -0.3 is 20.4 Å². The van der Waals surface area contributed by atoms with Crippen molar-refractivity contribution in [1.29, 1.82) is 0 Å². The van der Waals surface area contributed by atoms with Crippen LogP contribution in [0.15, 0.2) is 35.5 Å². The highest BCUT2D eigenvalue weighted by Crippen LogP contribution is 2.36. The average Bonchev–Trinajstić information content (AvgIpc) is 3.10. The van der Waals surface area contributed by atoms with Crippen LogP contribution in [0.5, 0.6) is 0 Å². The minimum absolute atomic E-state index is 0.0104. The first-order chi connectivity index (χ1) is 14.5. The van der Waals surface area contributed by atoms with Gasteiger partial charge in [-0.05, 0) is 38.7 Å². The lowest BCUT2D eigenvalue weighted by Crippen LogP contribution is -2.63. The molecule has 162 valence electrons. The molecule has 1 saturated heterocycles. The standard InChI is InChI=1S/C23H32N4O3/c1-16(2)25-21(28)19-13-23(30-26-19)15-27(22(29)18-9-6-10-18)12-11-20(23)24-14-17-7-4-3-5-8-17/h3-5,7-8,16,18,20,24H,6,9-15H2,1-2H3,(H,25,28)/t20-,23-/m0/s1. The number of carbonyl (C=O) groups excluding carboxylic acids is 2. The lowest BCUT2D eigenvalue weighted by molar-refractivity contribution is -0.150. The van der Waals surface area contributed by atoms with Crippen LogP contribution in [0.1, 0.15) is 51.5 Å². The number of piperidine rings is 1. The molecule has 4 rings (SSSR count). The summed E-state index contributed by atoms with van der Waals surface area (Å²) in [5.41, 5.74) is 0.904. The molecule has 0 aromatic heterocycles. The number of hydrogen-bond acceptors (Lipinski definition) is 5. The topological polar surface area (TPSA) is 83.0 Å². The quantitative estimate of drug-likeness (QED) is 0.751. The molecule has 0 bridgehead atoms. The first-order valence-electron chi connectivity index (χ1n) is 11.1. The molecule has 7 nitrogen and oxygen atoms in total. The van der Waals surface area contributed by atoms with Gasteiger partial charge in [-0.1, -0.05) is 41.9 Å². The zero-order valence-electron chi connectivity index (χ0n) is 17.9. The first-order valence-corrected chi connectivity index (χ1v) is 11.1. The molecule has 2 amide bonds. The van der Waals surface area contributed by atoms with Gasteiger partial charge in [-0.25, -0.2) is 0 Å². The Morgan fingerprint density at radius 1 is 1.23 bits per heavy atom. The van der Waals surface area contributed by atoms with Crippen LogP contribution in [-0.4, -0.2) is 53.2 Å². The predicted octanol–water partition coefficient (Wildman–Crippen LogP) is 2.22. The van der Waals surface area contributed by atoms with Crippen molar-refractivity contribution in [2.24, 2.45) is 11.1 Å². The fourth-order valence-electron chi connectivity index (χ4n) is 4.52. The molecule has 2 aliphatic heterocycles. The zero-order chi connectivity index (χ0) is 21.1. The van der Waals surface area contributed by atoms with Crippen LogP contribution in [0.25, 0.3) is 0 Å². The molecule has 1 aromatic rings. The summed E-state index contributed by atoms with van der Waals surface area (Å²) in [6.45, 7) is 5.74. The third-order valence-corrected chi connectivity index (χ3v) is 6.43. The Bertz CT molecular complexity index is 806. The van der Waals surface area contributed by atoms with Gasteiger partial charge in [0.1, 0.15) is 5.71 Å². The highest BCUT2D eigenvalue weighted by atomic mass is 16.7. The Kier molecular flexibility index (Phi) is 6.09. The van der Waals surface area contributed by atoms with Gasteiger partial charge in [0.05, 0.1) is 12.6 Å². The summed E-state index contributed by atoms with van der Waals surface area (Å²) in [6, 6.07) is 10.3. The molecule has 2 heterocycles. The fraction of sp³-hybridized carbons (Fsp3) is 0.609. The van der Waals surface area contributed by atoms with Crippen molar-refractivity contribution >= 4 is 17.5 Å². The molecule has 2 N–H and O–H groups in total. The van der Waals surface area contributed by atoms with Crippen molar-refractivity contribution in [2.75, 3.05) is 13.1 Å². The largest absolute Gasteiger partial charge is 0.385 e. The summed E-state index contributed by atoms with van der Waals surface area (Å²) in [6.07, 6.45) is 4.29. The summed E-state index contributed by atoms with van der Waals surface area (Å²) in [7, 11) is 0. The Morgan fingerprint density at radius 3 is 2.67 bits per heavy atom. The minimum atomic E-state index is -0.698. The Hall–Kier alpha value is -2.41. The summed E-state index contributed by atoms with van der Waals surface area (Å²) >= 11 is 0. The van der Waals surface area contributed by atoms with E-state index in [-0.39, 0.29) is 29.8 Å². The van der Waals surface area contributed by atoms with Gasteiger partial charge in [-0.2, -0.15) is 0 Å². The van der Waals surface area contributed by atoms with Crippen LogP contribution < -0.4 is 10.6 Å². The molecule has 7 heteroatoms. The van der Waals surface area contributed by atoms with Crippen LogP contribution in [0.3, 0.4) is 0 Å². The van der Waals surface area contributed by atoms with E-state index in [0.29, 0.717) is 31.8 Å². The number of rotatable bonds is 6. The molecule has 2 atom stereocenters. The van der Waals surface area contributed by atoms with E-state index in [1.165, 1.54) is 5.56 Å². The summed E-state index contributed by atoms with van der Waals surface area (Å²) in [4.78, 5) is 33.3. The molecule has 30 heavy (non-hydrogen) atoms. The molecular formula is C23H32N4O3. The summed E-state index contributed by atoms with van der Waals surface area (Å²) in [5.74, 6) is 0.193. The number of likely N-dealkylation sites (tertiary alicyclic amines) is 1. The Labute approximate surface area is 178 Å². The summed E-state index contributed by atoms with van der Waals surface area (Å²) < 4.78 is 0. The van der Waals surface area contributed by atoms with E-state index in [1.807, 2.05) is 36.9 Å². The van der Waals surface area contributed by atoms with E-state index < -0.39 is 5.60 Å². The maximum absolute atomic E-state index is 12.9. The second-order valence-corrected chi connectivity index (χ2v) is 9.09. The van der Waals surface area contributed by atoms with E-state index in [4.69, 9.17) is 4.84 Å². The second-order valence-electron chi connectivity index (χ2n) is 9.09. The van der Waals surface area contributed by atoms with Crippen molar-refractivity contribution in [3.05, 3.63) is 35.9 Å². The number of amides is 2. The van der Waals surface area contributed by atoms with Gasteiger partial charge in [-0.3, -0.25) is 9.59 Å². The van der Waals surface area contributed by atoms with Gasteiger partial charge in [-0.15, -0.1) is 0 Å². The van der Waals surface area contributed by atoms with Crippen LogP contribution >= 0.6 is 0 Å². The van der Waals surface area contributed by atoms with Crippen LogP contribution in [-0.2, 0) is 21.0 Å². The molecule has 1 spiro atoms. The van der Waals surface area contributed by atoms with Gasteiger partial charge in [0.2, 0.25) is 5.91 Å². The van der Waals surface area contributed by atoms with E-state index >= 15 is 0 Å². The third kappa shape index (κ3) is 4.36. The van der Waals surface area contributed by atoms with E-state index in [1.54, 1.807) is 0 Å². The van der Waals surface area contributed by atoms with Crippen LogP contribution in [0.4, 0.5) is 0 Å². The average molecular weight is 413 g/mol. The monoisotopic (exact) mass is 412 g/mol.